The van der Waals surface area contributed by atoms with Crippen molar-refractivity contribution in [3.05, 3.63) is 117 Å². The van der Waals surface area contributed by atoms with Gasteiger partial charge in [0.05, 0.1) is 12.0 Å². The number of benzene rings is 3. The predicted octanol–water partition coefficient (Wildman–Crippen LogP) is 6.54. The van der Waals surface area contributed by atoms with Crippen LogP contribution in [0.1, 0.15) is 23.2 Å². The maximum Gasteiger partial charge on any atom is 0.157 e. The summed E-state index contributed by atoms with van der Waals surface area (Å²) in [5.74, 6) is 0.178. The van der Waals surface area contributed by atoms with Crippen molar-refractivity contribution >= 4 is 37.6 Å². The van der Waals surface area contributed by atoms with E-state index < -0.39 is 0 Å². The van der Waals surface area contributed by atoms with E-state index in [9.17, 15) is 4.39 Å². The van der Waals surface area contributed by atoms with Gasteiger partial charge in [0.1, 0.15) is 17.9 Å². The monoisotopic (exact) mass is 554 g/mol. The van der Waals surface area contributed by atoms with Gasteiger partial charge in [0.15, 0.2) is 5.75 Å². The van der Waals surface area contributed by atoms with E-state index in [1.54, 1.807) is 29.8 Å². The fourth-order valence-corrected chi connectivity index (χ4v) is 4.26. The average molecular weight is 556 g/mol. The molecule has 0 fully saturated rings. The third-order valence-electron chi connectivity index (χ3n) is 5.23. The molecule has 0 bridgehead atoms. The molecule has 4 aromatic rings. The first-order valence-corrected chi connectivity index (χ1v) is 11.5. The summed E-state index contributed by atoms with van der Waals surface area (Å²) in [6, 6.07) is 21.5. The number of hydrogen-bond donors (Lipinski definition) is 0. The third-order valence-corrected chi connectivity index (χ3v) is 6.29. The Morgan fingerprint density at radius 3 is 2.09 bits per heavy atom. The Balaban J connectivity index is 1.62. The largest absolute Gasteiger partial charge is 0.362 e. The summed E-state index contributed by atoms with van der Waals surface area (Å²) in [4.78, 5) is 10.4. The first-order valence-electron chi connectivity index (χ1n) is 9.88. The first-order chi connectivity index (χ1) is 15.6. The van der Waals surface area contributed by atoms with Gasteiger partial charge >= 0.3 is 0 Å². The number of imidazole rings is 1. The van der Waals surface area contributed by atoms with Crippen LogP contribution in [0.2, 0.25) is 0 Å². The fourth-order valence-electron chi connectivity index (χ4n) is 3.74. The summed E-state index contributed by atoms with van der Waals surface area (Å²) in [5.41, 5.74) is 2.83. The molecule has 2 heterocycles. The van der Waals surface area contributed by atoms with Gasteiger partial charge in [0.25, 0.3) is 0 Å². The van der Waals surface area contributed by atoms with Crippen LogP contribution in [-0.2, 0) is 0 Å². The van der Waals surface area contributed by atoms with Crippen LogP contribution in [0.3, 0.4) is 0 Å². The van der Waals surface area contributed by atoms with E-state index in [-0.39, 0.29) is 17.9 Å². The first kappa shape index (κ1) is 20.9. The van der Waals surface area contributed by atoms with Crippen molar-refractivity contribution in [2.45, 2.75) is 12.1 Å². The van der Waals surface area contributed by atoms with Crippen LogP contribution in [-0.4, -0.2) is 20.4 Å². The lowest BCUT2D eigenvalue weighted by Gasteiger charge is -2.28. The van der Waals surface area contributed by atoms with Gasteiger partial charge in [0, 0.05) is 26.9 Å². The zero-order valence-electron chi connectivity index (χ0n) is 16.6. The van der Waals surface area contributed by atoms with Gasteiger partial charge in [0.2, 0.25) is 0 Å². The van der Waals surface area contributed by atoms with Crippen LogP contribution in [0.25, 0.3) is 0 Å². The summed E-state index contributed by atoms with van der Waals surface area (Å²) in [5, 5.41) is 6.48. The molecule has 3 aromatic carbocycles. The Morgan fingerprint density at radius 2 is 1.47 bits per heavy atom. The van der Waals surface area contributed by atoms with E-state index >= 15 is 0 Å². The van der Waals surface area contributed by atoms with Crippen LogP contribution < -0.4 is 4.84 Å². The molecule has 2 unspecified atom stereocenters. The molecule has 0 amide bonds. The smallest absolute Gasteiger partial charge is 0.157 e. The van der Waals surface area contributed by atoms with Crippen molar-refractivity contribution in [2.24, 2.45) is 5.10 Å². The standard InChI is InChI=1S/C24H17Br2FN4O/c25-18-5-1-16(2-6-18)22-24(30-14-13-28-15-30)23(17-3-7-19(26)8-4-17)31(29-22)32-21-11-9-20(27)10-12-21/h1-15,23-24H. The summed E-state index contributed by atoms with van der Waals surface area (Å²) in [6.07, 6.45) is 5.46. The maximum absolute atomic E-state index is 13.4. The molecule has 5 rings (SSSR count). The molecule has 1 aliphatic heterocycles. The molecule has 0 aliphatic carbocycles. The SMILES string of the molecule is Fc1ccc(ON2N=C(c3ccc(Br)cc3)C(n3ccnc3)C2c2ccc(Br)cc2)cc1. The van der Waals surface area contributed by atoms with Gasteiger partial charge in [-0.1, -0.05) is 56.1 Å². The lowest BCUT2D eigenvalue weighted by molar-refractivity contribution is -0.0923. The van der Waals surface area contributed by atoms with E-state index in [0.29, 0.717) is 5.75 Å². The number of hydrogen-bond acceptors (Lipinski definition) is 4. The zero-order chi connectivity index (χ0) is 22.1. The minimum atomic E-state index is -0.321. The van der Waals surface area contributed by atoms with Crippen molar-refractivity contribution in [1.29, 1.82) is 0 Å². The zero-order valence-corrected chi connectivity index (χ0v) is 19.8. The average Bonchev–Trinajstić information content (AvgIpc) is 3.45. The third kappa shape index (κ3) is 4.20. The van der Waals surface area contributed by atoms with Gasteiger partial charge in [-0.3, -0.25) is 0 Å². The van der Waals surface area contributed by atoms with E-state index in [4.69, 9.17) is 9.94 Å². The molecule has 2 atom stereocenters. The summed E-state index contributed by atoms with van der Waals surface area (Å²) in [6.45, 7) is 0. The van der Waals surface area contributed by atoms with Crippen molar-refractivity contribution in [2.75, 3.05) is 0 Å². The Kier molecular flexibility index (Phi) is 5.80. The maximum atomic E-state index is 13.4. The van der Waals surface area contributed by atoms with Crippen LogP contribution in [0, 0.1) is 5.82 Å². The number of aromatic nitrogens is 2. The molecule has 32 heavy (non-hydrogen) atoms. The molecule has 1 aromatic heterocycles. The molecule has 0 N–H and O–H groups in total. The summed E-state index contributed by atoms with van der Waals surface area (Å²) < 4.78 is 17.4. The molecule has 8 heteroatoms. The molecule has 0 radical (unpaired) electrons. The van der Waals surface area contributed by atoms with E-state index in [0.717, 1.165) is 25.8 Å². The molecule has 0 spiro atoms. The van der Waals surface area contributed by atoms with Crippen molar-refractivity contribution in [3.8, 4) is 5.75 Å². The molecule has 160 valence electrons. The number of nitrogens with zero attached hydrogens (tertiary/aromatic N) is 4. The second kappa shape index (κ2) is 8.88. The Hall–Kier alpha value is -2.97. The molecular weight excluding hydrogens is 539 g/mol. The molecule has 0 saturated heterocycles. The normalized spacial score (nSPS) is 18.0. The number of hydroxylamine groups is 1. The highest BCUT2D eigenvalue weighted by atomic mass is 79.9. The highest BCUT2D eigenvalue weighted by Gasteiger charge is 2.42. The van der Waals surface area contributed by atoms with Crippen molar-refractivity contribution < 1.29 is 9.23 Å². The summed E-state index contributed by atoms with van der Waals surface area (Å²) in [7, 11) is 0. The second-order valence-electron chi connectivity index (χ2n) is 7.29. The van der Waals surface area contributed by atoms with Gasteiger partial charge < -0.3 is 9.40 Å². The van der Waals surface area contributed by atoms with Crippen LogP contribution in [0.15, 0.2) is 106 Å². The van der Waals surface area contributed by atoms with E-state index in [2.05, 4.69) is 36.8 Å². The minimum absolute atomic E-state index is 0.194. The van der Waals surface area contributed by atoms with Gasteiger partial charge in [-0.25, -0.2) is 9.37 Å². The quantitative estimate of drug-likeness (QED) is 0.281. The molecule has 1 aliphatic rings. The molecule has 0 saturated carbocycles. The molecular formula is C24H17Br2FN4O. The Labute approximate surface area is 201 Å². The number of halogens is 3. The van der Waals surface area contributed by atoms with Crippen LogP contribution in [0.5, 0.6) is 5.75 Å². The van der Waals surface area contributed by atoms with Gasteiger partial charge in [-0.05, 0) is 54.1 Å². The highest BCUT2D eigenvalue weighted by Crippen LogP contribution is 2.41. The van der Waals surface area contributed by atoms with Crippen LogP contribution >= 0.6 is 31.9 Å². The number of hydrazone groups is 1. The van der Waals surface area contributed by atoms with Crippen molar-refractivity contribution in [1.82, 2.24) is 14.7 Å². The highest BCUT2D eigenvalue weighted by molar-refractivity contribution is 9.10. The topological polar surface area (TPSA) is 42.6 Å². The minimum Gasteiger partial charge on any atom is -0.362 e. The van der Waals surface area contributed by atoms with E-state index in [1.807, 2.05) is 59.3 Å². The van der Waals surface area contributed by atoms with Gasteiger partial charge in [-0.2, -0.15) is 0 Å². The summed E-state index contributed by atoms with van der Waals surface area (Å²) >= 11 is 7.01. The van der Waals surface area contributed by atoms with Crippen molar-refractivity contribution in [3.63, 3.8) is 0 Å². The molecule has 5 nitrogen and oxygen atoms in total. The Bertz CT molecular complexity index is 1230. The van der Waals surface area contributed by atoms with Gasteiger partial charge in [-0.15, -0.1) is 10.3 Å². The lowest BCUT2D eigenvalue weighted by Crippen LogP contribution is -2.30. The Morgan fingerprint density at radius 1 is 0.812 bits per heavy atom. The van der Waals surface area contributed by atoms with Crippen LogP contribution in [0.4, 0.5) is 4.39 Å². The second-order valence-corrected chi connectivity index (χ2v) is 9.12. The van der Waals surface area contributed by atoms with E-state index in [1.165, 1.54) is 12.1 Å². The lowest BCUT2D eigenvalue weighted by atomic mass is 9.93. The predicted molar refractivity (Wildman–Crippen MR) is 128 cm³/mol. The number of rotatable bonds is 5. The fraction of sp³-hybridized carbons (Fsp3) is 0.0833.